The summed E-state index contributed by atoms with van der Waals surface area (Å²) in [5.74, 6) is 0.585. The van der Waals surface area contributed by atoms with E-state index in [1.165, 1.54) is 5.57 Å². The van der Waals surface area contributed by atoms with Crippen molar-refractivity contribution >= 4 is 0 Å². The topological polar surface area (TPSA) is 40.5 Å². The van der Waals surface area contributed by atoms with Crippen LogP contribution in [0.3, 0.4) is 0 Å². The molecule has 1 aliphatic carbocycles. The fourth-order valence-corrected chi connectivity index (χ4v) is 2.07. The third kappa shape index (κ3) is 2.82. The molecule has 1 rings (SSSR count). The van der Waals surface area contributed by atoms with E-state index in [9.17, 15) is 5.11 Å². The van der Waals surface area contributed by atoms with Gasteiger partial charge < -0.3 is 10.2 Å². The molecule has 0 spiro atoms. The molecule has 2 atom stereocenters. The summed E-state index contributed by atoms with van der Waals surface area (Å²) in [5, 5.41) is 18.3. The molecular formula is C12H22O2. The van der Waals surface area contributed by atoms with Crippen LogP contribution in [-0.2, 0) is 0 Å². The van der Waals surface area contributed by atoms with Gasteiger partial charge in [-0.15, -0.1) is 0 Å². The second-order valence-corrected chi connectivity index (χ2v) is 5.37. The first-order chi connectivity index (χ1) is 6.47. The Hall–Kier alpha value is -0.340. The van der Waals surface area contributed by atoms with Crippen molar-refractivity contribution < 1.29 is 10.2 Å². The lowest BCUT2D eigenvalue weighted by molar-refractivity contribution is 0.163. The van der Waals surface area contributed by atoms with E-state index in [-0.39, 0.29) is 24.5 Å². The molecule has 2 nitrogen and oxygen atoms in total. The van der Waals surface area contributed by atoms with Crippen molar-refractivity contribution in [1.82, 2.24) is 0 Å². The lowest BCUT2D eigenvalue weighted by atomic mass is 9.73. The Bertz CT molecular complexity index is 213. The normalized spacial score (nSPS) is 28.8. The van der Waals surface area contributed by atoms with Crippen LogP contribution in [0, 0.1) is 17.3 Å². The van der Waals surface area contributed by atoms with E-state index in [1.54, 1.807) is 0 Å². The SMILES string of the molecule is CC(C)(C)C1=C[C@@H](CO)C[C@@H](CO)C1. The average Bonchev–Trinajstić information content (AvgIpc) is 2.15. The Kier molecular flexibility index (Phi) is 3.73. The average molecular weight is 198 g/mol. The summed E-state index contributed by atoms with van der Waals surface area (Å²) < 4.78 is 0. The lowest BCUT2D eigenvalue weighted by Crippen LogP contribution is -2.24. The van der Waals surface area contributed by atoms with Crippen LogP contribution in [0.2, 0.25) is 0 Å². The summed E-state index contributed by atoms with van der Waals surface area (Å²) in [6, 6.07) is 0. The van der Waals surface area contributed by atoms with Gasteiger partial charge in [0.25, 0.3) is 0 Å². The van der Waals surface area contributed by atoms with Gasteiger partial charge in [-0.2, -0.15) is 0 Å². The van der Waals surface area contributed by atoms with Crippen molar-refractivity contribution in [2.24, 2.45) is 17.3 Å². The highest BCUT2D eigenvalue weighted by Crippen LogP contribution is 2.37. The number of hydrogen-bond acceptors (Lipinski definition) is 2. The quantitative estimate of drug-likeness (QED) is 0.666. The van der Waals surface area contributed by atoms with Gasteiger partial charge in [0.1, 0.15) is 0 Å². The summed E-state index contributed by atoms with van der Waals surface area (Å²) in [4.78, 5) is 0. The predicted molar refractivity (Wildman–Crippen MR) is 57.9 cm³/mol. The second-order valence-electron chi connectivity index (χ2n) is 5.37. The summed E-state index contributed by atoms with van der Waals surface area (Å²) >= 11 is 0. The zero-order chi connectivity index (χ0) is 10.8. The zero-order valence-electron chi connectivity index (χ0n) is 9.45. The van der Waals surface area contributed by atoms with Crippen LogP contribution in [0.25, 0.3) is 0 Å². The van der Waals surface area contributed by atoms with E-state index in [1.807, 2.05) is 0 Å². The Balaban J connectivity index is 2.78. The fourth-order valence-electron chi connectivity index (χ4n) is 2.07. The third-order valence-corrected chi connectivity index (χ3v) is 3.04. The highest BCUT2D eigenvalue weighted by molar-refractivity contribution is 5.16. The summed E-state index contributed by atoms with van der Waals surface area (Å²) in [6.07, 6.45) is 4.11. The molecule has 0 amide bonds. The van der Waals surface area contributed by atoms with Gasteiger partial charge in [-0.25, -0.2) is 0 Å². The maximum Gasteiger partial charge on any atom is 0.0494 e. The van der Waals surface area contributed by atoms with Crippen molar-refractivity contribution in [3.8, 4) is 0 Å². The first-order valence-electron chi connectivity index (χ1n) is 5.40. The highest BCUT2D eigenvalue weighted by atomic mass is 16.3. The van der Waals surface area contributed by atoms with Crippen molar-refractivity contribution in [2.45, 2.75) is 33.6 Å². The first-order valence-corrected chi connectivity index (χ1v) is 5.40. The molecule has 0 radical (unpaired) electrons. The van der Waals surface area contributed by atoms with Crippen LogP contribution in [0.15, 0.2) is 11.6 Å². The van der Waals surface area contributed by atoms with Gasteiger partial charge >= 0.3 is 0 Å². The van der Waals surface area contributed by atoms with Crippen LogP contribution >= 0.6 is 0 Å². The second kappa shape index (κ2) is 4.45. The molecule has 0 saturated heterocycles. The summed E-state index contributed by atoms with van der Waals surface area (Å²) in [7, 11) is 0. The molecule has 2 heteroatoms. The van der Waals surface area contributed by atoms with E-state index in [0.29, 0.717) is 5.92 Å². The largest absolute Gasteiger partial charge is 0.396 e. The molecule has 0 heterocycles. The van der Waals surface area contributed by atoms with E-state index in [2.05, 4.69) is 26.8 Å². The lowest BCUT2D eigenvalue weighted by Gasteiger charge is -2.33. The van der Waals surface area contributed by atoms with Gasteiger partial charge in [0.2, 0.25) is 0 Å². The molecule has 14 heavy (non-hydrogen) atoms. The number of hydrogen-bond donors (Lipinski definition) is 2. The van der Waals surface area contributed by atoms with E-state index in [0.717, 1.165) is 12.8 Å². The summed E-state index contributed by atoms with van der Waals surface area (Å²) in [5.41, 5.74) is 1.54. The monoisotopic (exact) mass is 198 g/mol. The van der Waals surface area contributed by atoms with Gasteiger partial charge in [0, 0.05) is 19.1 Å². The minimum absolute atomic E-state index is 0.168. The Morgan fingerprint density at radius 2 is 1.93 bits per heavy atom. The van der Waals surface area contributed by atoms with Crippen LogP contribution < -0.4 is 0 Å². The number of rotatable bonds is 2. The highest BCUT2D eigenvalue weighted by Gasteiger charge is 2.27. The van der Waals surface area contributed by atoms with Gasteiger partial charge in [-0.05, 0) is 24.2 Å². The Morgan fingerprint density at radius 1 is 1.29 bits per heavy atom. The minimum Gasteiger partial charge on any atom is -0.396 e. The molecule has 0 aliphatic heterocycles. The van der Waals surface area contributed by atoms with Crippen LogP contribution in [0.4, 0.5) is 0 Å². The van der Waals surface area contributed by atoms with Crippen molar-refractivity contribution in [2.75, 3.05) is 13.2 Å². The minimum atomic E-state index is 0.168. The molecule has 0 bridgehead atoms. The maximum absolute atomic E-state index is 9.18. The van der Waals surface area contributed by atoms with Gasteiger partial charge in [0.15, 0.2) is 0 Å². The van der Waals surface area contributed by atoms with Crippen molar-refractivity contribution in [1.29, 1.82) is 0 Å². The van der Waals surface area contributed by atoms with Crippen LogP contribution in [0.1, 0.15) is 33.6 Å². The molecule has 1 aliphatic rings. The third-order valence-electron chi connectivity index (χ3n) is 3.04. The van der Waals surface area contributed by atoms with E-state index < -0.39 is 0 Å². The molecule has 0 aromatic heterocycles. The first kappa shape index (κ1) is 11.7. The predicted octanol–water partition coefficient (Wildman–Crippen LogP) is 1.97. The molecule has 0 unspecified atom stereocenters. The molecule has 0 fully saturated rings. The molecular weight excluding hydrogens is 176 g/mol. The van der Waals surface area contributed by atoms with E-state index >= 15 is 0 Å². The molecule has 0 saturated carbocycles. The Morgan fingerprint density at radius 3 is 2.36 bits per heavy atom. The van der Waals surface area contributed by atoms with Gasteiger partial charge in [0.05, 0.1) is 0 Å². The molecule has 0 aromatic rings. The summed E-state index contributed by atoms with van der Waals surface area (Å²) in [6.45, 7) is 7.01. The number of allylic oxidation sites excluding steroid dienone is 1. The molecule has 82 valence electrons. The van der Waals surface area contributed by atoms with E-state index in [4.69, 9.17) is 5.11 Å². The van der Waals surface area contributed by atoms with Gasteiger partial charge in [-0.3, -0.25) is 0 Å². The Labute approximate surface area is 86.6 Å². The number of aliphatic hydroxyl groups excluding tert-OH is 2. The van der Waals surface area contributed by atoms with Gasteiger partial charge in [-0.1, -0.05) is 32.4 Å². The van der Waals surface area contributed by atoms with Crippen molar-refractivity contribution in [3.63, 3.8) is 0 Å². The standard InChI is InChI=1S/C12H22O2/c1-12(2,3)11-5-9(7-13)4-10(6-11)8-14/h5,9-10,13-14H,4,6-8H2,1-3H3/t9-,10+/m0/s1. The van der Waals surface area contributed by atoms with Crippen molar-refractivity contribution in [3.05, 3.63) is 11.6 Å². The maximum atomic E-state index is 9.18. The van der Waals surface area contributed by atoms with Crippen LogP contribution in [0.5, 0.6) is 0 Å². The van der Waals surface area contributed by atoms with Crippen LogP contribution in [-0.4, -0.2) is 23.4 Å². The smallest absolute Gasteiger partial charge is 0.0494 e. The zero-order valence-corrected chi connectivity index (χ0v) is 9.45. The molecule has 0 aromatic carbocycles. The fraction of sp³-hybridized carbons (Fsp3) is 0.833. The molecule has 2 N–H and O–H groups in total. The number of aliphatic hydroxyl groups is 2.